The van der Waals surface area contributed by atoms with Gasteiger partial charge in [-0.2, -0.15) is 0 Å². The number of carbonyl (C=O) groups is 2. The van der Waals surface area contributed by atoms with Crippen LogP contribution >= 0.6 is 0 Å². The van der Waals surface area contributed by atoms with Gasteiger partial charge in [-0.05, 0) is 19.3 Å². The Kier molecular flexibility index (Phi) is 3.40. The summed E-state index contributed by atoms with van der Waals surface area (Å²) >= 11 is 0. The molecule has 1 heterocycles. The molecule has 0 bridgehead atoms. The van der Waals surface area contributed by atoms with E-state index in [1.165, 1.54) is 6.42 Å². The van der Waals surface area contributed by atoms with E-state index in [1.54, 1.807) is 4.90 Å². The normalized spacial score (nSPS) is 28.1. The standard InChI is InChI=1S/C13H21NO3/c1-13(6-3-2-4-7-13)12(17)14-8-5-10(9-14)11(15)16/h10H,2-9H2,1H3,(H,15,16). The lowest BCUT2D eigenvalue weighted by Crippen LogP contribution is -2.42. The number of hydrogen-bond donors (Lipinski definition) is 1. The lowest BCUT2D eigenvalue weighted by Gasteiger charge is -2.35. The number of carboxylic acids is 1. The molecule has 0 aromatic rings. The number of amides is 1. The molecule has 1 aliphatic heterocycles. The van der Waals surface area contributed by atoms with Gasteiger partial charge >= 0.3 is 5.97 Å². The van der Waals surface area contributed by atoms with Crippen LogP contribution in [0.1, 0.15) is 45.4 Å². The van der Waals surface area contributed by atoms with Crippen molar-refractivity contribution in [2.24, 2.45) is 11.3 Å². The van der Waals surface area contributed by atoms with Gasteiger partial charge in [-0.25, -0.2) is 0 Å². The molecular formula is C13H21NO3. The van der Waals surface area contributed by atoms with Crippen molar-refractivity contribution in [1.82, 2.24) is 4.90 Å². The first kappa shape index (κ1) is 12.4. The summed E-state index contributed by atoms with van der Waals surface area (Å²) in [6.07, 6.45) is 5.99. The second kappa shape index (κ2) is 4.67. The minimum absolute atomic E-state index is 0.181. The zero-order valence-electron chi connectivity index (χ0n) is 10.4. The Morgan fingerprint density at radius 1 is 1.24 bits per heavy atom. The highest BCUT2D eigenvalue weighted by Gasteiger charge is 2.41. The van der Waals surface area contributed by atoms with Crippen molar-refractivity contribution in [2.45, 2.75) is 45.4 Å². The average Bonchev–Trinajstić information content (AvgIpc) is 2.78. The number of hydrogen-bond acceptors (Lipinski definition) is 2. The highest BCUT2D eigenvalue weighted by atomic mass is 16.4. The molecule has 4 nitrogen and oxygen atoms in total. The number of carboxylic acid groups (broad SMARTS) is 1. The fourth-order valence-electron chi connectivity index (χ4n) is 3.07. The zero-order chi connectivity index (χ0) is 12.5. The molecule has 4 heteroatoms. The van der Waals surface area contributed by atoms with Gasteiger partial charge in [0.25, 0.3) is 0 Å². The molecule has 1 amide bonds. The number of likely N-dealkylation sites (tertiary alicyclic amines) is 1. The van der Waals surface area contributed by atoms with E-state index in [2.05, 4.69) is 0 Å². The van der Waals surface area contributed by atoms with Crippen LogP contribution in [0, 0.1) is 11.3 Å². The Morgan fingerprint density at radius 2 is 1.88 bits per heavy atom. The number of carbonyl (C=O) groups excluding carboxylic acids is 1. The average molecular weight is 239 g/mol. The maximum atomic E-state index is 12.4. The molecule has 1 unspecified atom stereocenters. The molecule has 1 atom stereocenters. The van der Waals surface area contributed by atoms with E-state index in [1.807, 2.05) is 6.92 Å². The Hall–Kier alpha value is -1.06. The second-order valence-corrected chi connectivity index (χ2v) is 5.70. The third kappa shape index (κ3) is 2.45. The molecule has 0 radical (unpaired) electrons. The SMILES string of the molecule is CC1(C(=O)N2CCC(C(=O)O)C2)CCCCC1. The van der Waals surface area contributed by atoms with Gasteiger partial charge < -0.3 is 10.0 Å². The van der Waals surface area contributed by atoms with Crippen molar-refractivity contribution in [3.8, 4) is 0 Å². The summed E-state index contributed by atoms with van der Waals surface area (Å²) in [5.41, 5.74) is -0.231. The van der Waals surface area contributed by atoms with Crippen molar-refractivity contribution in [1.29, 1.82) is 0 Å². The maximum absolute atomic E-state index is 12.4. The first-order valence-corrected chi connectivity index (χ1v) is 6.55. The molecule has 0 aromatic carbocycles. The minimum atomic E-state index is -0.769. The van der Waals surface area contributed by atoms with Gasteiger partial charge in [-0.3, -0.25) is 9.59 Å². The van der Waals surface area contributed by atoms with E-state index in [-0.39, 0.29) is 17.2 Å². The minimum Gasteiger partial charge on any atom is -0.481 e. The Balaban J connectivity index is 1.98. The molecule has 96 valence electrons. The Bertz CT molecular complexity index is 321. The number of rotatable bonds is 2. The van der Waals surface area contributed by atoms with E-state index in [4.69, 9.17) is 5.11 Å². The van der Waals surface area contributed by atoms with E-state index in [9.17, 15) is 9.59 Å². The zero-order valence-corrected chi connectivity index (χ0v) is 10.4. The van der Waals surface area contributed by atoms with Crippen molar-refractivity contribution >= 4 is 11.9 Å². The summed E-state index contributed by atoms with van der Waals surface area (Å²) in [5.74, 6) is -0.943. The van der Waals surface area contributed by atoms with Crippen LogP contribution in [0.15, 0.2) is 0 Å². The van der Waals surface area contributed by atoms with Crippen molar-refractivity contribution in [3.05, 3.63) is 0 Å². The molecule has 1 aliphatic carbocycles. The molecule has 0 aromatic heterocycles. The van der Waals surface area contributed by atoms with Gasteiger partial charge in [0.1, 0.15) is 0 Å². The van der Waals surface area contributed by atoms with E-state index < -0.39 is 5.97 Å². The lowest BCUT2D eigenvalue weighted by atomic mass is 9.74. The highest BCUT2D eigenvalue weighted by Crippen LogP contribution is 2.38. The van der Waals surface area contributed by atoms with Gasteiger partial charge in [0, 0.05) is 18.5 Å². The topological polar surface area (TPSA) is 57.6 Å². The second-order valence-electron chi connectivity index (χ2n) is 5.70. The molecule has 1 saturated carbocycles. The van der Waals surface area contributed by atoms with Crippen molar-refractivity contribution in [3.63, 3.8) is 0 Å². The monoisotopic (exact) mass is 239 g/mol. The smallest absolute Gasteiger partial charge is 0.308 e. The van der Waals surface area contributed by atoms with Gasteiger partial charge in [0.2, 0.25) is 5.91 Å². The lowest BCUT2D eigenvalue weighted by molar-refractivity contribution is -0.143. The predicted octanol–water partition coefficient (Wildman–Crippen LogP) is 1.89. The van der Waals surface area contributed by atoms with Gasteiger partial charge in [-0.1, -0.05) is 26.2 Å². The van der Waals surface area contributed by atoms with Crippen LogP contribution in [0.4, 0.5) is 0 Å². The maximum Gasteiger partial charge on any atom is 0.308 e. The molecule has 0 spiro atoms. The predicted molar refractivity (Wildman–Crippen MR) is 63.5 cm³/mol. The molecule has 2 rings (SSSR count). The van der Waals surface area contributed by atoms with Crippen LogP contribution in [0.3, 0.4) is 0 Å². The van der Waals surface area contributed by atoms with Crippen LogP contribution in [0.2, 0.25) is 0 Å². The molecule has 1 saturated heterocycles. The van der Waals surface area contributed by atoms with E-state index in [0.29, 0.717) is 19.5 Å². The van der Waals surface area contributed by atoms with E-state index in [0.717, 1.165) is 25.7 Å². The fraction of sp³-hybridized carbons (Fsp3) is 0.846. The third-order valence-electron chi connectivity index (χ3n) is 4.30. The Morgan fingerprint density at radius 3 is 2.41 bits per heavy atom. The molecule has 1 N–H and O–H groups in total. The summed E-state index contributed by atoms with van der Waals surface area (Å²) in [5, 5.41) is 8.95. The first-order valence-electron chi connectivity index (χ1n) is 6.55. The van der Waals surface area contributed by atoms with Crippen molar-refractivity contribution < 1.29 is 14.7 Å². The summed E-state index contributed by atoms with van der Waals surface area (Å²) in [4.78, 5) is 25.1. The van der Waals surface area contributed by atoms with Crippen LogP contribution in [0.25, 0.3) is 0 Å². The first-order chi connectivity index (χ1) is 8.03. The Labute approximate surface area is 102 Å². The largest absolute Gasteiger partial charge is 0.481 e. The molecular weight excluding hydrogens is 218 g/mol. The molecule has 2 fully saturated rings. The van der Waals surface area contributed by atoms with Crippen LogP contribution < -0.4 is 0 Å². The molecule has 17 heavy (non-hydrogen) atoms. The third-order valence-corrected chi connectivity index (χ3v) is 4.30. The van der Waals surface area contributed by atoms with Gasteiger partial charge in [0.15, 0.2) is 0 Å². The van der Waals surface area contributed by atoms with Crippen LogP contribution in [-0.2, 0) is 9.59 Å². The van der Waals surface area contributed by atoms with Crippen LogP contribution in [-0.4, -0.2) is 35.0 Å². The van der Waals surface area contributed by atoms with Crippen LogP contribution in [0.5, 0.6) is 0 Å². The number of nitrogens with zero attached hydrogens (tertiary/aromatic N) is 1. The molecule has 2 aliphatic rings. The number of aliphatic carboxylic acids is 1. The summed E-state index contributed by atoms with van der Waals surface area (Å²) in [7, 11) is 0. The summed E-state index contributed by atoms with van der Waals surface area (Å²) in [6, 6.07) is 0. The highest BCUT2D eigenvalue weighted by molar-refractivity contribution is 5.83. The fourth-order valence-corrected chi connectivity index (χ4v) is 3.07. The summed E-state index contributed by atoms with van der Waals surface area (Å²) < 4.78 is 0. The van der Waals surface area contributed by atoms with E-state index >= 15 is 0 Å². The summed E-state index contributed by atoms with van der Waals surface area (Å²) in [6.45, 7) is 3.07. The van der Waals surface area contributed by atoms with Crippen molar-refractivity contribution in [2.75, 3.05) is 13.1 Å². The quantitative estimate of drug-likeness (QED) is 0.800. The van der Waals surface area contributed by atoms with Gasteiger partial charge in [-0.15, -0.1) is 0 Å². The van der Waals surface area contributed by atoms with Gasteiger partial charge in [0.05, 0.1) is 5.92 Å².